The molecule has 10 atom stereocenters. The van der Waals surface area contributed by atoms with Gasteiger partial charge < -0.3 is 68.8 Å². The van der Waals surface area contributed by atoms with E-state index in [1.807, 2.05) is 12.1 Å². The smallest absolute Gasteiger partial charge is 0.326 e. The van der Waals surface area contributed by atoms with Crippen molar-refractivity contribution in [2.75, 3.05) is 13.1 Å². The third-order valence-electron chi connectivity index (χ3n) is 12.7. The Morgan fingerprint density at radius 1 is 0.729 bits per heavy atom. The molecule has 70 heavy (non-hydrogen) atoms. The number of rotatable bonds is 27. The molecule has 2 aromatic rings. The first-order valence-corrected chi connectivity index (χ1v) is 24.0. The van der Waals surface area contributed by atoms with Gasteiger partial charge in [0.15, 0.2) is 0 Å². The summed E-state index contributed by atoms with van der Waals surface area (Å²) in [7, 11) is 0. The number of nitrogens with one attached hydrogen (secondary N) is 8. The van der Waals surface area contributed by atoms with Crippen molar-refractivity contribution in [3.8, 4) is 0 Å². The van der Waals surface area contributed by atoms with Crippen LogP contribution in [0.15, 0.2) is 30.5 Å². The predicted molar refractivity (Wildman–Crippen MR) is 254 cm³/mol. The number of nitrogens with two attached hydrogens (primary N) is 2. The molecule has 1 aromatic carbocycles. The molecule has 9 amide bonds. The lowest BCUT2D eigenvalue weighted by molar-refractivity contribution is -0.145. The van der Waals surface area contributed by atoms with Gasteiger partial charge in [0.2, 0.25) is 53.2 Å². The van der Waals surface area contributed by atoms with Crippen molar-refractivity contribution in [2.45, 2.75) is 160 Å². The molecule has 2 saturated heterocycles. The van der Waals surface area contributed by atoms with Crippen LogP contribution >= 0.6 is 0 Å². The lowest BCUT2D eigenvalue weighted by Gasteiger charge is -2.33. The van der Waals surface area contributed by atoms with Crippen molar-refractivity contribution >= 4 is 70.0 Å². The number of likely N-dealkylation sites (tertiary alicyclic amines) is 1. The monoisotopic (exact) mass is 982 g/mol. The molecule has 0 radical (unpaired) electrons. The molecule has 14 N–H and O–H groups in total. The van der Waals surface area contributed by atoms with Gasteiger partial charge >= 0.3 is 5.97 Å². The summed E-state index contributed by atoms with van der Waals surface area (Å²) in [6, 6.07) is -2.72. The number of carbonyl (C=O) groups excluding carboxylic acids is 9. The van der Waals surface area contributed by atoms with Gasteiger partial charge in [0, 0.05) is 42.9 Å². The SMILES string of the molecule is CC[C@H](C)[C@H](NC(=O)[C@H](CCC(N)=O)NC(=O)[C@@H]1CCCN1)C(=O)N[C@H](C(=O)N1CCC[C@H]1C(=O)N[C@@H](CC(C)C)C(=O)N[C@@H](Cc1c[nH]c2ccccc12)C(=O)N[C@@H](CCC(N)=O)C(=O)O)[C@@H](C)O. The van der Waals surface area contributed by atoms with E-state index in [0.717, 1.165) is 17.3 Å². The number of benzene rings is 1. The maximum Gasteiger partial charge on any atom is 0.326 e. The maximum atomic E-state index is 14.3. The summed E-state index contributed by atoms with van der Waals surface area (Å²) in [4.78, 5) is 137. The van der Waals surface area contributed by atoms with Gasteiger partial charge in [0.1, 0.15) is 42.3 Å². The Morgan fingerprint density at radius 3 is 1.93 bits per heavy atom. The first-order chi connectivity index (χ1) is 33.1. The molecule has 386 valence electrons. The van der Waals surface area contributed by atoms with Crippen molar-refractivity contribution in [3.63, 3.8) is 0 Å². The Balaban J connectivity index is 1.52. The maximum absolute atomic E-state index is 14.3. The molecule has 3 heterocycles. The molecule has 4 rings (SSSR count). The quantitative estimate of drug-likeness (QED) is 0.0483. The minimum Gasteiger partial charge on any atom is -0.480 e. The molecule has 2 aliphatic rings. The average molecular weight is 982 g/mol. The van der Waals surface area contributed by atoms with Gasteiger partial charge in [-0.05, 0) is 81.9 Å². The number of aromatic amines is 1. The second kappa shape index (κ2) is 26.4. The van der Waals surface area contributed by atoms with Crippen molar-refractivity contribution in [2.24, 2.45) is 23.3 Å². The highest BCUT2D eigenvalue weighted by Gasteiger charge is 2.42. The number of H-pyrrole nitrogens is 1. The first kappa shape index (κ1) is 56.0. The normalized spacial score (nSPS) is 19.1. The lowest BCUT2D eigenvalue weighted by atomic mass is 9.96. The molecular formula is C47H71N11O12. The number of carbonyl (C=O) groups is 10. The van der Waals surface area contributed by atoms with Crippen LogP contribution in [-0.2, 0) is 54.4 Å². The highest BCUT2D eigenvalue weighted by Crippen LogP contribution is 2.22. The zero-order chi connectivity index (χ0) is 51.8. The second-order valence-electron chi connectivity index (χ2n) is 18.7. The Hall–Kier alpha value is -6.62. The van der Waals surface area contributed by atoms with Crippen LogP contribution in [0.4, 0.5) is 0 Å². The fraction of sp³-hybridized carbons (Fsp3) is 0.617. The number of primary amides is 2. The summed E-state index contributed by atoms with van der Waals surface area (Å²) < 4.78 is 0. The Kier molecular flexibility index (Phi) is 21.1. The third-order valence-corrected chi connectivity index (χ3v) is 12.7. The minimum absolute atomic E-state index is 0.0486. The summed E-state index contributed by atoms with van der Waals surface area (Å²) in [5, 5.41) is 40.3. The number of aliphatic hydroxyl groups is 1. The molecule has 23 heteroatoms. The molecule has 1 aromatic heterocycles. The number of carboxylic acid groups (broad SMARTS) is 1. The molecule has 0 bridgehead atoms. The van der Waals surface area contributed by atoms with Gasteiger partial charge in [-0.3, -0.25) is 43.2 Å². The first-order valence-electron chi connectivity index (χ1n) is 24.0. The summed E-state index contributed by atoms with van der Waals surface area (Å²) in [6.07, 6.45) is 1.31. The van der Waals surface area contributed by atoms with Gasteiger partial charge in [-0.15, -0.1) is 0 Å². The van der Waals surface area contributed by atoms with Gasteiger partial charge in [-0.2, -0.15) is 0 Å². The Morgan fingerprint density at radius 2 is 1.33 bits per heavy atom. The van der Waals surface area contributed by atoms with Crippen LogP contribution in [0.1, 0.15) is 104 Å². The highest BCUT2D eigenvalue weighted by molar-refractivity contribution is 5.98. The average Bonchev–Trinajstić information content (AvgIpc) is 4.11. The number of amides is 9. The van der Waals surface area contributed by atoms with E-state index in [4.69, 9.17) is 11.5 Å². The number of aliphatic carboxylic acids is 1. The molecular weight excluding hydrogens is 911 g/mol. The molecule has 0 aliphatic carbocycles. The van der Waals surface area contributed by atoms with E-state index >= 15 is 0 Å². The van der Waals surface area contributed by atoms with Gasteiger partial charge in [0.25, 0.3) is 0 Å². The van der Waals surface area contributed by atoms with E-state index in [1.54, 1.807) is 46.0 Å². The van der Waals surface area contributed by atoms with Crippen LogP contribution < -0.4 is 48.7 Å². The van der Waals surface area contributed by atoms with Crippen LogP contribution in [0.2, 0.25) is 0 Å². The third kappa shape index (κ3) is 16.0. The molecule has 2 aliphatic heterocycles. The summed E-state index contributed by atoms with van der Waals surface area (Å²) in [5.41, 5.74) is 12.0. The van der Waals surface area contributed by atoms with Crippen molar-refractivity contribution in [3.05, 3.63) is 36.0 Å². The van der Waals surface area contributed by atoms with Crippen LogP contribution in [0.3, 0.4) is 0 Å². The molecule has 2 fully saturated rings. The lowest BCUT2D eigenvalue weighted by Crippen LogP contribution is -2.62. The largest absolute Gasteiger partial charge is 0.480 e. The van der Waals surface area contributed by atoms with Gasteiger partial charge in [0.05, 0.1) is 12.1 Å². The number of aliphatic hydroxyl groups excluding tert-OH is 1. The van der Waals surface area contributed by atoms with E-state index in [2.05, 4.69) is 42.2 Å². The molecule has 0 unspecified atom stereocenters. The highest BCUT2D eigenvalue weighted by atomic mass is 16.4. The van der Waals surface area contributed by atoms with E-state index < -0.39 is 119 Å². The Bertz CT molecular complexity index is 2210. The van der Waals surface area contributed by atoms with Gasteiger partial charge in [-0.25, -0.2) is 4.79 Å². The number of nitrogens with zero attached hydrogens (tertiary/aromatic N) is 1. The fourth-order valence-corrected chi connectivity index (χ4v) is 8.59. The number of carboxylic acids is 1. The number of hydrogen-bond acceptors (Lipinski definition) is 12. The minimum atomic E-state index is -1.60. The topological polar surface area (TPSA) is 366 Å². The van der Waals surface area contributed by atoms with Crippen LogP contribution in [-0.4, -0.2) is 147 Å². The standard InChI is InChI=1S/C47H71N11O12/c1-6-25(4)38(56-41(63)31(15-17-36(48)60)52-40(62)30-13-9-19-50-30)45(67)57-39(26(5)59)46(68)58-20-10-14-35(58)44(66)55-33(21-24(2)3)42(64)54-34(22-27-23-51-29-12-8-7-11-28(27)29)43(65)53-32(47(69)70)16-18-37(49)61/h7-8,11-12,23-26,30-35,38-39,50-51,59H,6,9-10,13-22H2,1-5H3,(H2,48,60)(H2,49,61)(H,52,62)(H,53,65)(H,54,64)(H,55,66)(H,56,63)(H,57,67)(H,69,70)/t25-,26+,30-,31-,32-,33-,34-,35-,38-,39-/m0/s1. The van der Waals surface area contributed by atoms with E-state index in [1.165, 1.54) is 11.8 Å². The zero-order valence-corrected chi connectivity index (χ0v) is 40.5. The fourth-order valence-electron chi connectivity index (χ4n) is 8.59. The van der Waals surface area contributed by atoms with E-state index in [0.29, 0.717) is 31.4 Å². The number of hydrogen-bond donors (Lipinski definition) is 12. The van der Waals surface area contributed by atoms with Crippen LogP contribution in [0, 0.1) is 11.8 Å². The van der Waals surface area contributed by atoms with E-state index in [-0.39, 0.29) is 57.4 Å². The summed E-state index contributed by atoms with van der Waals surface area (Å²) in [6.45, 7) is 9.01. The molecule has 0 saturated carbocycles. The van der Waals surface area contributed by atoms with Crippen LogP contribution in [0.25, 0.3) is 10.9 Å². The van der Waals surface area contributed by atoms with Crippen molar-refractivity contribution in [1.29, 1.82) is 0 Å². The number of para-hydroxylation sites is 1. The molecule has 23 nitrogen and oxygen atoms in total. The summed E-state index contributed by atoms with van der Waals surface area (Å²) in [5.74, 6) is -8.84. The number of aromatic nitrogens is 1. The zero-order valence-electron chi connectivity index (χ0n) is 40.5. The van der Waals surface area contributed by atoms with Crippen molar-refractivity contribution < 1.29 is 58.2 Å². The van der Waals surface area contributed by atoms with Gasteiger partial charge in [-0.1, -0.05) is 52.3 Å². The number of fused-ring (bicyclic) bond motifs is 1. The van der Waals surface area contributed by atoms with Crippen molar-refractivity contribution in [1.82, 2.24) is 47.1 Å². The molecule has 0 spiro atoms. The van der Waals surface area contributed by atoms with E-state index in [9.17, 15) is 58.2 Å². The summed E-state index contributed by atoms with van der Waals surface area (Å²) >= 11 is 0. The van der Waals surface area contributed by atoms with Crippen LogP contribution in [0.5, 0.6) is 0 Å². The predicted octanol–water partition coefficient (Wildman–Crippen LogP) is -1.55. The Labute approximate surface area is 406 Å². The second-order valence-corrected chi connectivity index (χ2v) is 18.7.